The second-order valence-corrected chi connectivity index (χ2v) is 6.15. The molecule has 7 nitrogen and oxygen atoms in total. The van der Waals surface area contributed by atoms with Gasteiger partial charge < -0.3 is 14.8 Å². The van der Waals surface area contributed by atoms with E-state index in [1.807, 2.05) is 0 Å². The van der Waals surface area contributed by atoms with Crippen molar-refractivity contribution in [3.8, 4) is 0 Å². The standard InChI is InChI=1S/C14H21N3O4S/c1-2-7-21-14(19)17-9-11(22)8-12(17)13(18)16-5-3-10(15-20)4-6-16/h2,11-12,20,22H,1,3-9H2/t11-,12-/m0/s1. The van der Waals surface area contributed by atoms with Gasteiger partial charge in [-0.3, -0.25) is 9.69 Å². The molecule has 0 unspecified atom stereocenters. The van der Waals surface area contributed by atoms with Crippen LogP contribution in [0.2, 0.25) is 0 Å². The predicted octanol–water partition coefficient (Wildman–Crippen LogP) is 1.13. The molecule has 2 fully saturated rings. The summed E-state index contributed by atoms with van der Waals surface area (Å²) in [6, 6.07) is -0.535. The predicted molar refractivity (Wildman–Crippen MR) is 84.5 cm³/mol. The maximum absolute atomic E-state index is 12.6. The summed E-state index contributed by atoms with van der Waals surface area (Å²) in [7, 11) is 0. The van der Waals surface area contributed by atoms with Crippen molar-refractivity contribution in [3.63, 3.8) is 0 Å². The number of hydrogen-bond acceptors (Lipinski definition) is 6. The number of rotatable bonds is 3. The molecule has 1 N–H and O–H groups in total. The summed E-state index contributed by atoms with van der Waals surface area (Å²) < 4.78 is 5.04. The zero-order chi connectivity index (χ0) is 16.1. The van der Waals surface area contributed by atoms with Gasteiger partial charge in [-0.05, 0) is 6.42 Å². The van der Waals surface area contributed by atoms with Crippen molar-refractivity contribution in [2.24, 2.45) is 5.16 Å². The number of thiol groups is 1. The molecule has 2 atom stereocenters. The van der Waals surface area contributed by atoms with E-state index >= 15 is 0 Å². The van der Waals surface area contributed by atoms with Crippen molar-refractivity contribution >= 4 is 30.3 Å². The third kappa shape index (κ3) is 3.73. The molecule has 0 spiro atoms. The third-order valence-electron chi connectivity index (χ3n) is 3.92. The molecule has 0 saturated carbocycles. The zero-order valence-corrected chi connectivity index (χ0v) is 13.2. The van der Waals surface area contributed by atoms with Crippen molar-refractivity contribution in [3.05, 3.63) is 12.7 Å². The third-order valence-corrected chi connectivity index (χ3v) is 4.29. The molecule has 2 heterocycles. The Kier molecular flexibility index (Phi) is 5.70. The first-order valence-electron chi connectivity index (χ1n) is 7.27. The average molecular weight is 327 g/mol. The summed E-state index contributed by atoms with van der Waals surface area (Å²) in [5.74, 6) is -0.0934. The minimum atomic E-state index is -0.535. The molecular formula is C14H21N3O4S. The number of piperidine rings is 1. The Morgan fingerprint density at radius 1 is 1.45 bits per heavy atom. The fraction of sp³-hybridized carbons (Fsp3) is 0.643. The number of ether oxygens (including phenoxy) is 1. The Morgan fingerprint density at radius 2 is 2.14 bits per heavy atom. The molecule has 0 aliphatic carbocycles. The highest BCUT2D eigenvalue weighted by molar-refractivity contribution is 7.81. The molecule has 22 heavy (non-hydrogen) atoms. The fourth-order valence-electron chi connectivity index (χ4n) is 2.76. The van der Waals surface area contributed by atoms with Gasteiger partial charge in [-0.2, -0.15) is 12.6 Å². The van der Waals surface area contributed by atoms with Crippen LogP contribution in [-0.4, -0.2) is 70.3 Å². The van der Waals surface area contributed by atoms with Crippen LogP contribution in [0.3, 0.4) is 0 Å². The van der Waals surface area contributed by atoms with Crippen molar-refractivity contribution in [1.29, 1.82) is 0 Å². The molecule has 122 valence electrons. The van der Waals surface area contributed by atoms with E-state index in [4.69, 9.17) is 9.94 Å². The first-order chi connectivity index (χ1) is 10.6. The van der Waals surface area contributed by atoms with Crippen molar-refractivity contribution in [1.82, 2.24) is 9.80 Å². The Morgan fingerprint density at radius 3 is 2.73 bits per heavy atom. The highest BCUT2D eigenvalue weighted by Gasteiger charge is 2.41. The van der Waals surface area contributed by atoms with Gasteiger partial charge >= 0.3 is 6.09 Å². The van der Waals surface area contributed by atoms with E-state index in [-0.39, 0.29) is 17.8 Å². The van der Waals surface area contributed by atoms with E-state index < -0.39 is 12.1 Å². The highest BCUT2D eigenvalue weighted by Crippen LogP contribution is 2.25. The molecule has 2 amide bonds. The molecule has 2 aliphatic rings. The van der Waals surface area contributed by atoms with Crippen LogP contribution in [0.1, 0.15) is 19.3 Å². The molecule has 0 radical (unpaired) electrons. The number of oxime groups is 1. The van der Waals surface area contributed by atoms with Crippen LogP contribution in [0.4, 0.5) is 4.79 Å². The first kappa shape index (κ1) is 16.7. The number of hydrogen-bond donors (Lipinski definition) is 2. The first-order valence-corrected chi connectivity index (χ1v) is 7.79. The van der Waals surface area contributed by atoms with Gasteiger partial charge in [0.15, 0.2) is 0 Å². The van der Waals surface area contributed by atoms with Gasteiger partial charge in [0.05, 0.1) is 5.71 Å². The molecule has 2 saturated heterocycles. The lowest BCUT2D eigenvalue weighted by atomic mass is 10.1. The number of carbonyl (C=O) groups excluding carboxylic acids is 2. The zero-order valence-electron chi connectivity index (χ0n) is 12.3. The maximum Gasteiger partial charge on any atom is 0.410 e. The summed E-state index contributed by atoms with van der Waals surface area (Å²) in [5, 5.41) is 11.9. The van der Waals surface area contributed by atoms with Crippen LogP contribution in [0, 0.1) is 0 Å². The number of likely N-dealkylation sites (tertiary alicyclic amines) is 2. The van der Waals surface area contributed by atoms with E-state index in [9.17, 15) is 9.59 Å². The van der Waals surface area contributed by atoms with Crippen molar-refractivity contribution in [2.45, 2.75) is 30.6 Å². The largest absolute Gasteiger partial charge is 0.445 e. The molecule has 0 aromatic rings. The SMILES string of the molecule is C=CCOC(=O)N1C[C@@H](S)C[C@H]1C(=O)N1CCC(=NO)CC1. The van der Waals surface area contributed by atoms with Crippen molar-refractivity contribution < 1.29 is 19.5 Å². The van der Waals surface area contributed by atoms with Crippen molar-refractivity contribution in [2.75, 3.05) is 26.2 Å². The van der Waals surface area contributed by atoms with Gasteiger partial charge in [0.1, 0.15) is 12.6 Å². The molecule has 8 heteroatoms. The number of nitrogens with zero attached hydrogens (tertiary/aromatic N) is 3. The van der Waals surface area contributed by atoms with E-state index in [1.165, 1.54) is 11.0 Å². The lowest BCUT2D eigenvalue weighted by Crippen LogP contribution is -2.50. The van der Waals surface area contributed by atoms with E-state index in [1.54, 1.807) is 4.90 Å². The van der Waals surface area contributed by atoms with Gasteiger partial charge in [-0.25, -0.2) is 4.79 Å². The van der Waals surface area contributed by atoms with Gasteiger partial charge in [-0.15, -0.1) is 0 Å². The van der Waals surface area contributed by atoms with E-state index in [2.05, 4.69) is 24.4 Å². The van der Waals surface area contributed by atoms with Crippen LogP contribution in [0.25, 0.3) is 0 Å². The van der Waals surface area contributed by atoms with Gasteiger partial charge in [-0.1, -0.05) is 17.8 Å². The van der Waals surface area contributed by atoms with Crippen LogP contribution in [-0.2, 0) is 9.53 Å². The summed E-state index contributed by atoms with van der Waals surface area (Å²) in [6.45, 7) is 5.02. The minimum absolute atomic E-state index is 0.0374. The summed E-state index contributed by atoms with van der Waals surface area (Å²) >= 11 is 4.39. The monoisotopic (exact) mass is 327 g/mol. The van der Waals surface area contributed by atoms with Gasteiger partial charge in [0.2, 0.25) is 5.91 Å². The summed E-state index contributed by atoms with van der Waals surface area (Å²) in [6.07, 6.45) is 2.61. The maximum atomic E-state index is 12.6. The molecule has 0 aromatic heterocycles. The molecule has 2 aliphatic heterocycles. The van der Waals surface area contributed by atoms with Gasteiger partial charge in [0.25, 0.3) is 0 Å². The number of amides is 2. The normalized spacial score (nSPS) is 25.0. The Bertz CT molecular complexity index is 473. The average Bonchev–Trinajstić information content (AvgIpc) is 2.94. The summed E-state index contributed by atoms with van der Waals surface area (Å²) in [4.78, 5) is 27.8. The van der Waals surface area contributed by atoms with Crippen LogP contribution in [0.5, 0.6) is 0 Å². The lowest BCUT2D eigenvalue weighted by molar-refractivity contribution is -0.135. The quantitative estimate of drug-likeness (QED) is 0.352. The highest BCUT2D eigenvalue weighted by atomic mass is 32.1. The Hall–Kier alpha value is -1.70. The lowest BCUT2D eigenvalue weighted by Gasteiger charge is -2.32. The Labute approximate surface area is 135 Å². The van der Waals surface area contributed by atoms with Crippen LogP contribution < -0.4 is 0 Å². The summed E-state index contributed by atoms with van der Waals surface area (Å²) in [5.41, 5.74) is 0.699. The minimum Gasteiger partial charge on any atom is -0.445 e. The van der Waals surface area contributed by atoms with E-state index in [0.29, 0.717) is 44.6 Å². The van der Waals surface area contributed by atoms with Crippen LogP contribution in [0.15, 0.2) is 17.8 Å². The molecule has 2 rings (SSSR count). The van der Waals surface area contributed by atoms with Gasteiger partial charge in [0, 0.05) is 37.7 Å². The van der Waals surface area contributed by atoms with Crippen LogP contribution >= 0.6 is 12.6 Å². The number of carbonyl (C=O) groups is 2. The second-order valence-electron chi connectivity index (χ2n) is 5.41. The molecular weight excluding hydrogens is 306 g/mol. The molecule has 0 aromatic carbocycles. The van der Waals surface area contributed by atoms with E-state index in [0.717, 1.165) is 0 Å². The fourth-order valence-corrected chi connectivity index (χ4v) is 3.13. The smallest absolute Gasteiger partial charge is 0.410 e. The topological polar surface area (TPSA) is 82.4 Å². The molecule has 0 bridgehead atoms. The Balaban J connectivity index is 2.00. The second kappa shape index (κ2) is 7.53.